The molecule has 2 heterocycles. The van der Waals surface area contributed by atoms with Crippen LogP contribution in [0.1, 0.15) is 48.4 Å². The van der Waals surface area contributed by atoms with Crippen LogP contribution in [-0.4, -0.2) is 22.8 Å². The molecule has 0 radical (unpaired) electrons. The molecule has 5 heteroatoms. The molecule has 5 nitrogen and oxygen atoms in total. The number of nitrogens with two attached hydrogens (primary N) is 1. The molecule has 104 valence electrons. The van der Waals surface area contributed by atoms with Crippen LogP contribution in [-0.2, 0) is 0 Å². The van der Waals surface area contributed by atoms with Crippen LogP contribution in [0, 0.1) is 0 Å². The van der Waals surface area contributed by atoms with E-state index in [0.717, 1.165) is 42.3 Å². The Kier molecular flexibility index (Phi) is 2.73. The van der Waals surface area contributed by atoms with E-state index in [9.17, 15) is 0 Å². The summed E-state index contributed by atoms with van der Waals surface area (Å²) in [6.07, 6.45) is 3.03. The van der Waals surface area contributed by atoms with E-state index in [1.807, 2.05) is 18.2 Å². The molecule has 0 saturated heterocycles. The van der Waals surface area contributed by atoms with E-state index in [2.05, 4.69) is 16.2 Å². The molecule has 1 unspecified atom stereocenters. The van der Waals surface area contributed by atoms with Crippen LogP contribution in [0.3, 0.4) is 0 Å². The Morgan fingerprint density at radius 3 is 2.95 bits per heavy atom. The maximum absolute atomic E-state index is 5.94. The Morgan fingerprint density at radius 1 is 1.20 bits per heavy atom. The molecular weight excluding hydrogens is 254 g/mol. The molecule has 0 spiro atoms. The van der Waals surface area contributed by atoms with Crippen molar-refractivity contribution in [2.75, 3.05) is 6.61 Å². The predicted molar refractivity (Wildman–Crippen MR) is 72.6 cm³/mol. The van der Waals surface area contributed by atoms with Gasteiger partial charge in [0.05, 0.1) is 5.92 Å². The molecule has 3 atom stereocenters. The van der Waals surface area contributed by atoms with Crippen molar-refractivity contribution < 1.29 is 9.26 Å². The van der Waals surface area contributed by atoms with E-state index in [1.54, 1.807) is 0 Å². The summed E-state index contributed by atoms with van der Waals surface area (Å²) >= 11 is 0. The predicted octanol–water partition coefficient (Wildman–Crippen LogP) is 2.19. The minimum Gasteiger partial charge on any atom is -0.492 e. The average molecular weight is 271 g/mol. The number of fused-ring (bicyclic) bond motifs is 1. The number of hydrogen-bond donors (Lipinski definition) is 1. The lowest BCUT2D eigenvalue weighted by atomic mass is 10.0. The van der Waals surface area contributed by atoms with E-state index in [1.165, 1.54) is 0 Å². The average Bonchev–Trinajstić information content (AvgIpc) is 3.15. The molecule has 2 aliphatic rings. The third-order valence-corrected chi connectivity index (χ3v) is 4.29. The van der Waals surface area contributed by atoms with Gasteiger partial charge in [-0.15, -0.1) is 0 Å². The minimum absolute atomic E-state index is 0.0822. The zero-order valence-corrected chi connectivity index (χ0v) is 11.2. The summed E-state index contributed by atoms with van der Waals surface area (Å²) in [5, 5.41) is 4.16. The van der Waals surface area contributed by atoms with Crippen LogP contribution in [0.2, 0.25) is 0 Å². The van der Waals surface area contributed by atoms with E-state index in [4.69, 9.17) is 15.0 Å². The molecule has 1 aliphatic carbocycles. The van der Waals surface area contributed by atoms with Crippen LogP contribution in [0.15, 0.2) is 28.8 Å². The minimum atomic E-state index is 0.0822. The largest absolute Gasteiger partial charge is 0.492 e. The van der Waals surface area contributed by atoms with Gasteiger partial charge in [0, 0.05) is 17.5 Å². The second kappa shape index (κ2) is 4.59. The van der Waals surface area contributed by atoms with Gasteiger partial charge >= 0.3 is 0 Å². The summed E-state index contributed by atoms with van der Waals surface area (Å²) in [5.74, 6) is 2.79. The highest BCUT2D eigenvalue weighted by molar-refractivity contribution is 5.42. The van der Waals surface area contributed by atoms with Gasteiger partial charge in [-0.05, 0) is 25.3 Å². The van der Waals surface area contributed by atoms with Gasteiger partial charge in [0.15, 0.2) is 5.82 Å². The summed E-state index contributed by atoms with van der Waals surface area (Å²) in [4.78, 5) is 4.59. The van der Waals surface area contributed by atoms with E-state index in [-0.39, 0.29) is 12.0 Å². The Balaban J connectivity index is 1.60. The summed E-state index contributed by atoms with van der Waals surface area (Å²) in [7, 11) is 0. The first-order chi connectivity index (χ1) is 9.81. The SMILES string of the molecule is N[C@H]1CC[C@@H](c2nc(C3COc4ccccc43)no2)C1. The number of ether oxygens (including phenoxy) is 1. The first kappa shape index (κ1) is 11.9. The second-order valence-electron chi connectivity index (χ2n) is 5.66. The highest BCUT2D eigenvalue weighted by Gasteiger charge is 2.32. The normalized spacial score (nSPS) is 28.4. The lowest BCUT2D eigenvalue weighted by Gasteiger charge is -2.03. The van der Waals surface area contributed by atoms with Crippen molar-refractivity contribution in [3.8, 4) is 5.75 Å². The Bertz CT molecular complexity index is 625. The van der Waals surface area contributed by atoms with Crippen molar-refractivity contribution >= 4 is 0 Å². The van der Waals surface area contributed by atoms with Gasteiger partial charge in [-0.25, -0.2) is 0 Å². The van der Waals surface area contributed by atoms with Gasteiger partial charge < -0.3 is 15.0 Å². The molecule has 20 heavy (non-hydrogen) atoms. The maximum Gasteiger partial charge on any atom is 0.229 e. The Morgan fingerprint density at radius 2 is 2.10 bits per heavy atom. The van der Waals surface area contributed by atoms with Crippen molar-refractivity contribution in [3.63, 3.8) is 0 Å². The fourth-order valence-corrected chi connectivity index (χ4v) is 3.17. The number of aromatic nitrogens is 2. The first-order valence-electron chi connectivity index (χ1n) is 7.12. The van der Waals surface area contributed by atoms with Gasteiger partial charge in [-0.1, -0.05) is 23.4 Å². The van der Waals surface area contributed by atoms with Crippen LogP contribution in [0.25, 0.3) is 0 Å². The lowest BCUT2D eigenvalue weighted by molar-refractivity contribution is 0.327. The van der Waals surface area contributed by atoms with Crippen molar-refractivity contribution in [1.29, 1.82) is 0 Å². The second-order valence-corrected chi connectivity index (χ2v) is 5.66. The zero-order valence-electron chi connectivity index (χ0n) is 11.2. The van der Waals surface area contributed by atoms with Crippen LogP contribution in [0.4, 0.5) is 0 Å². The number of para-hydroxylation sites is 1. The summed E-state index contributed by atoms with van der Waals surface area (Å²) in [6, 6.07) is 8.30. The highest BCUT2D eigenvalue weighted by Crippen LogP contribution is 2.38. The first-order valence-corrected chi connectivity index (χ1v) is 7.12. The third kappa shape index (κ3) is 1.89. The van der Waals surface area contributed by atoms with E-state index < -0.39 is 0 Å². The molecule has 2 aromatic rings. The molecule has 1 aromatic carbocycles. The smallest absolute Gasteiger partial charge is 0.229 e. The highest BCUT2D eigenvalue weighted by atomic mass is 16.5. The van der Waals surface area contributed by atoms with Crippen molar-refractivity contribution in [2.24, 2.45) is 5.73 Å². The topological polar surface area (TPSA) is 74.2 Å². The van der Waals surface area contributed by atoms with Crippen molar-refractivity contribution in [3.05, 3.63) is 41.5 Å². The molecule has 1 aliphatic heterocycles. The van der Waals surface area contributed by atoms with Crippen LogP contribution >= 0.6 is 0 Å². The standard InChI is InChI=1S/C15H17N3O2/c16-10-6-5-9(7-10)15-17-14(18-20-15)12-8-19-13-4-2-1-3-11(12)13/h1-4,9-10,12H,5-8,16H2/t9-,10+,12?/m1/s1. The van der Waals surface area contributed by atoms with Gasteiger partial charge in [0.1, 0.15) is 12.4 Å². The molecule has 0 bridgehead atoms. The van der Waals surface area contributed by atoms with Crippen LogP contribution in [0.5, 0.6) is 5.75 Å². The number of rotatable bonds is 2. The lowest BCUT2D eigenvalue weighted by Crippen LogP contribution is -2.14. The van der Waals surface area contributed by atoms with Gasteiger partial charge in [-0.3, -0.25) is 0 Å². The van der Waals surface area contributed by atoms with Gasteiger partial charge in [-0.2, -0.15) is 4.98 Å². The summed E-state index contributed by atoms with van der Waals surface area (Å²) < 4.78 is 11.1. The monoisotopic (exact) mass is 271 g/mol. The van der Waals surface area contributed by atoms with E-state index in [0.29, 0.717) is 12.5 Å². The molecule has 1 fully saturated rings. The van der Waals surface area contributed by atoms with Gasteiger partial charge in [0.2, 0.25) is 5.89 Å². The molecule has 4 rings (SSSR count). The fraction of sp³-hybridized carbons (Fsp3) is 0.467. The Labute approximate surface area is 117 Å². The molecule has 1 aromatic heterocycles. The third-order valence-electron chi connectivity index (χ3n) is 4.29. The summed E-state index contributed by atoms with van der Waals surface area (Å²) in [5.41, 5.74) is 7.09. The number of hydrogen-bond acceptors (Lipinski definition) is 5. The molecule has 0 amide bonds. The number of nitrogens with zero attached hydrogens (tertiary/aromatic N) is 2. The number of benzene rings is 1. The molecule has 2 N–H and O–H groups in total. The van der Waals surface area contributed by atoms with Crippen molar-refractivity contribution in [2.45, 2.75) is 37.1 Å². The molecular formula is C15H17N3O2. The fourth-order valence-electron chi connectivity index (χ4n) is 3.17. The summed E-state index contributed by atoms with van der Waals surface area (Å²) in [6.45, 7) is 0.586. The van der Waals surface area contributed by atoms with Crippen molar-refractivity contribution in [1.82, 2.24) is 10.1 Å². The quantitative estimate of drug-likeness (QED) is 0.906. The zero-order chi connectivity index (χ0) is 13.5. The van der Waals surface area contributed by atoms with Gasteiger partial charge in [0.25, 0.3) is 0 Å². The Hall–Kier alpha value is -1.88. The molecule has 1 saturated carbocycles. The van der Waals surface area contributed by atoms with Crippen LogP contribution < -0.4 is 10.5 Å². The van der Waals surface area contributed by atoms with E-state index >= 15 is 0 Å². The maximum atomic E-state index is 5.94.